The third-order valence-corrected chi connectivity index (χ3v) is 3.49. The predicted molar refractivity (Wildman–Crippen MR) is 101 cm³/mol. The van der Waals surface area contributed by atoms with E-state index in [0.29, 0.717) is 41.5 Å². The fraction of sp³-hybridized carbons (Fsp3) is 0.250. The molecule has 0 heterocycles. The maximum Gasteiger partial charge on any atom is 0.251 e. The molecule has 7 heteroatoms. The number of nitriles is 1. The highest BCUT2D eigenvalue weighted by Gasteiger charge is 2.13. The first-order chi connectivity index (χ1) is 13.1. The molecule has 0 aliphatic heterocycles. The van der Waals surface area contributed by atoms with Gasteiger partial charge in [0.2, 0.25) is 5.91 Å². The average molecular weight is 367 g/mol. The standard InChI is InChI=1S/C20H21N3O4/c1-3-26-17-9-8-15(11-18(17)27-4-2)20(25)22-13-19(24)23-16-7-5-6-14(10-16)12-21/h5-11H,3-4,13H2,1-2H3,(H,22,25)(H,23,24). The molecular formula is C20H21N3O4. The Morgan fingerprint density at radius 2 is 1.78 bits per heavy atom. The number of benzene rings is 2. The van der Waals surface area contributed by atoms with E-state index in [1.807, 2.05) is 19.9 Å². The van der Waals surface area contributed by atoms with Crippen molar-refractivity contribution in [2.24, 2.45) is 0 Å². The van der Waals surface area contributed by atoms with E-state index in [1.165, 1.54) is 0 Å². The third-order valence-electron chi connectivity index (χ3n) is 3.49. The second kappa shape index (κ2) is 9.82. The predicted octanol–water partition coefficient (Wildman–Crippen LogP) is 2.72. The number of amides is 2. The summed E-state index contributed by atoms with van der Waals surface area (Å²) in [5, 5.41) is 14.1. The van der Waals surface area contributed by atoms with Crippen molar-refractivity contribution in [3.8, 4) is 17.6 Å². The van der Waals surface area contributed by atoms with Gasteiger partial charge in [-0.15, -0.1) is 0 Å². The van der Waals surface area contributed by atoms with Crippen molar-refractivity contribution in [2.75, 3.05) is 25.1 Å². The zero-order valence-corrected chi connectivity index (χ0v) is 15.2. The molecule has 140 valence electrons. The zero-order valence-electron chi connectivity index (χ0n) is 15.2. The Morgan fingerprint density at radius 3 is 2.48 bits per heavy atom. The van der Waals surface area contributed by atoms with Gasteiger partial charge in [-0.2, -0.15) is 5.26 Å². The molecule has 0 bridgehead atoms. The fourth-order valence-electron chi connectivity index (χ4n) is 2.33. The van der Waals surface area contributed by atoms with E-state index in [0.717, 1.165) is 0 Å². The minimum absolute atomic E-state index is 0.202. The van der Waals surface area contributed by atoms with Crippen LogP contribution in [-0.4, -0.2) is 31.6 Å². The number of ether oxygens (including phenoxy) is 2. The molecule has 0 saturated carbocycles. The van der Waals surface area contributed by atoms with E-state index in [-0.39, 0.29) is 6.54 Å². The zero-order chi connectivity index (χ0) is 19.6. The molecular weight excluding hydrogens is 346 g/mol. The number of rotatable bonds is 8. The Hall–Kier alpha value is -3.53. The number of nitrogens with one attached hydrogen (secondary N) is 2. The van der Waals surface area contributed by atoms with Gasteiger partial charge in [-0.1, -0.05) is 6.07 Å². The van der Waals surface area contributed by atoms with Crippen molar-refractivity contribution in [3.63, 3.8) is 0 Å². The molecule has 2 rings (SSSR count). The monoisotopic (exact) mass is 367 g/mol. The van der Waals surface area contributed by atoms with Crippen LogP contribution in [-0.2, 0) is 4.79 Å². The Kier molecular flexibility index (Phi) is 7.20. The van der Waals surface area contributed by atoms with Gasteiger partial charge in [0.15, 0.2) is 11.5 Å². The SMILES string of the molecule is CCOc1ccc(C(=O)NCC(=O)Nc2cccc(C#N)c2)cc1OCC. The Labute approximate surface area is 157 Å². The number of carbonyl (C=O) groups is 2. The van der Waals surface area contributed by atoms with Gasteiger partial charge in [0.05, 0.1) is 31.4 Å². The first-order valence-corrected chi connectivity index (χ1v) is 8.55. The minimum atomic E-state index is -0.403. The molecule has 2 aromatic rings. The van der Waals surface area contributed by atoms with Gasteiger partial charge in [0.1, 0.15) is 0 Å². The summed E-state index contributed by atoms with van der Waals surface area (Å²) in [5.41, 5.74) is 1.30. The maximum absolute atomic E-state index is 12.3. The molecule has 0 aromatic heterocycles. The summed E-state index contributed by atoms with van der Waals surface area (Å²) < 4.78 is 11.0. The van der Waals surface area contributed by atoms with Crippen LogP contribution in [0, 0.1) is 11.3 Å². The van der Waals surface area contributed by atoms with E-state index in [2.05, 4.69) is 10.6 Å². The van der Waals surface area contributed by atoms with Crippen molar-refractivity contribution in [1.82, 2.24) is 5.32 Å². The highest BCUT2D eigenvalue weighted by atomic mass is 16.5. The summed E-state index contributed by atoms with van der Waals surface area (Å²) in [6.07, 6.45) is 0. The lowest BCUT2D eigenvalue weighted by molar-refractivity contribution is -0.115. The average Bonchev–Trinajstić information content (AvgIpc) is 2.68. The van der Waals surface area contributed by atoms with Gasteiger partial charge in [0, 0.05) is 11.3 Å². The summed E-state index contributed by atoms with van der Waals surface area (Å²) in [7, 11) is 0. The summed E-state index contributed by atoms with van der Waals surface area (Å²) >= 11 is 0. The molecule has 0 fully saturated rings. The molecule has 2 aromatic carbocycles. The molecule has 7 nitrogen and oxygen atoms in total. The van der Waals surface area contributed by atoms with Gasteiger partial charge < -0.3 is 20.1 Å². The molecule has 0 aliphatic carbocycles. The highest BCUT2D eigenvalue weighted by molar-refractivity contribution is 5.99. The smallest absolute Gasteiger partial charge is 0.251 e. The largest absolute Gasteiger partial charge is 0.490 e. The van der Waals surface area contributed by atoms with E-state index in [4.69, 9.17) is 14.7 Å². The second-order valence-corrected chi connectivity index (χ2v) is 5.45. The fourth-order valence-corrected chi connectivity index (χ4v) is 2.33. The van der Waals surface area contributed by atoms with E-state index < -0.39 is 11.8 Å². The van der Waals surface area contributed by atoms with Crippen LogP contribution in [0.2, 0.25) is 0 Å². The number of nitrogens with zero attached hydrogens (tertiary/aromatic N) is 1. The van der Waals surface area contributed by atoms with E-state index in [1.54, 1.807) is 42.5 Å². The lowest BCUT2D eigenvalue weighted by atomic mass is 10.2. The summed E-state index contributed by atoms with van der Waals surface area (Å²) in [4.78, 5) is 24.3. The van der Waals surface area contributed by atoms with Crippen molar-refractivity contribution in [1.29, 1.82) is 5.26 Å². The number of carbonyl (C=O) groups excluding carboxylic acids is 2. The van der Waals surface area contributed by atoms with E-state index >= 15 is 0 Å². The topological polar surface area (TPSA) is 100 Å². The van der Waals surface area contributed by atoms with Crippen molar-refractivity contribution in [2.45, 2.75) is 13.8 Å². The molecule has 27 heavy (non-hydrogen) atoms. The van der Waals surface area contributed by atoms with Gasteiger partial charge in [-0.25, -0.2) is 0 Å². The molecule has 0 unspecified atom stereocenters. The van der Waals surface area contributed by atoms with Crippen LogP contribution in [0.1, 0.15) is 29.8 Å². The molecule has 0 aliphatic rings. The minimum Gasteiger partial charge on any atom is -0.490 e. The van der Waals surface area contributed by atoms with Gasteiger partial charge in [-0.3, -0.25) is 9.59 Å². The highest BCUT2D eigenvalue weighted by Crippen LogP contribution is 2.28. The van der Waals surface area contributed by atoms with Crippen molar-refractivity contribution >= 4 is 17.5 Å². The summed E-state index contributed by atoms with van der Waals surface area (Å²) in [6, 6.07) is 13.4. The van der Waals surface area contributed by atoms with Crippen LogP contribution >= 0.6 is 0 Å². The lowest BCUT2D eigenvalue weighted by Gasteiger charge is -2.12. The number of hydrogen-bond donors (Lipinski definition) is 2. The van der Waals surface area contributed by atoms with Gasteiger partial charge in [0.25, 0.3) is 5.91 Å². The summed E-state index contributed by atoms with van der Waals surface area (Å²) in [5.74, 6) is 0.241. The van der Waals surface area contributed by atoms with Crippen molar-refractivity contribution in [3.05, 3.63) is 53.6 Å². The second-order valence-electron chi connectivity index (χ2n) is 5.45. The van der Waals surface area contributed by atoms with Crippen LogP contribution in [0.25, 0.3) is 0 Å². The van der Waals surface area contributed by atoms with Crippen LogP contribution in [0.4, 0.5) is 5.69 Å². The molecule has 2 amide bonds. The van der Waals surface area contributed by atoms with E-state index in [9.17, 15) is 9.59 Å². The van der Waals surface area contributed by atoms with Crippen molar-refractivity contribution < 1.29 is 19.1 Å². The molecule has 0 atom stereocenters. The van der Waals surface area contributed by atoms with Crippen LogP contribution in [0.5, 0.6) is 11.5 Å². The van der Waals surface area contributed by atoms with Crippen LogP contribution in [0.15, 0.2) is 42.5 Å². The summed E-state index contributed by atoms with van der Waals surface area (Å²) in [6.45, 7) is 4.43. The molecule has 0 saturated heterocycles. The quantitative estimate of drug-likeness (QED) is 0.747. The lowest BCUT2D eigenvalue weighted by Crippen LogP contribution is -2.32. The first-order valence-electron chi connectivity index (χ1n) is 8.55. The molecule has 2 N–H and O–H groups in total. The van der Waals surface area contributed by atoms with Crippen LogP contribution < -0.4 is 20.1 Å². The first kappa shape index (κ1) is 19.8. The maximum atomic E-state index is 12.3. The molecule has 0 spiro atoms. The Morgan fingerprint density at radius 1 is 1.04 bits per heavy atom. The number of hydrogen-bond acceptors (Lipinski definition) is 5. The Balaban J connectivity index is 1.97. The molecule has 0 radical (unpaired) electrons. The van der Waals surface area contributed by atoms with Gasteiger partial charge >= 0.3 is 0 Å². The Bertz CT molecular complexity index is 859. The van der Waals surface area contributed by atoms with Crippen LogP contribution in [0.3, 0.4) is 0 Å². The van der Waals surface area contributed by atoms with Gasteiger partial charge in [-0.05, 0) is 50.2 Å². The normalized spacial score (nSPS) is 9.81. The third kappa shape index (κ3) is 5.75. The number of anilines is 1.